The standard InChI is InChI=1S/C18H29N5.HI/c1-14(2)7-6-8-15(3)21-18(19)20-11-10-16-13-23-12-5-4-9-17(23)22-16;/h4-5,9,12-15H,6-8,10-11H2,1-3H3,(H3,19,20,21);1H. The van der Waals surface area contributed by atoms with E-state index in [4.69, 9.17) is 5.73 Å². The number of nitrogens with zero attached hydrogens (tertiary/aromatic N) is 3. The summed E-state index contributed by atoms with van der Waals surface area (Å²) in [5, 5.41) is 3.27. The van der Waals surface area contributed by atoms with E-state index in [1.54, 1.807) is 0 Å². The van der Waals surface area contributed by atoms with E-state index < -0.39 is 0 Å². The molecular formula is C18H30IN5. The molecule has 0 saturated carbocycles. The van der Waals surface area contributed by atoms with E-state index >= 15 is 0 Å². The normalized spacial score (nSPS) is 13.1. The van der Waals surface area contributed by atoms with E-state index in [1.807, 2.05) is 35.0 Å². The van der Waals surface area contributed by atoms with Crippen LogP contribution in [0.25, 0.3) is 5.65 Å². The van der Waals surface area contributed by atoms with Crippen LogP contribution >= 0.6 is 24.0 Å². The van der Waals surface area contributed by atoms with Crippen molar-refractivity contribution in [2.45, 2.75) is 52.5 Å². The number of aliphatic imine (C=N–C) groups is 1. The van der Waals surface area contributed by atoms with Gasteiger partial charge in [0.05, 0.1) is 5.69 Å². The number of rotatable bonds is 8. The van der Waals surface area contributed by atoms with Gasteiger partial charge in [-0.05, 0) is 31.4 Å². The molecule has 2 rings (SSSR count). The van der Waals surface area contributed by atoms with Crippen molar-refractivity contribution in [1.82, 2.24) is 14.7 Å². The Balaban J connectivity index is 0.00000288. The molecule has 0 aliphatic carbocycles. The largest absolute Gasteiger partial charge is 0.370 e. The predicted octanol–water partition coefficient (Wildman–Crippen LogP) is 3.61. The molecular weight excluding hydrogens is 413 g/mol. The minimum atomic E-state index is 0. The highest BCUT2D eigenvalue weighted by Gasteiger charge is 2.04. The van der Waals surface area contributed by atoms with Gasteiger partial charge in [-0.2, -0.15) is 0 Å². The molecule has 2 aromatic heterocycles. The first-order valence-corrected chi connectivity index (χ1v) is 8.53. The summed E-state index contributed by atoms with van der Waals surface area (Å²) < 4.78 is 2.03. The fraction of sp³-hybridized carbons (Fsp3) is 0.556. The number of hydrogen-bond acceptors (Lipinski definition) is 2. The summed E-state index contributed by atoms with van der Waals surface area (Å²) in [5.74, 6) is 1.30. The van der Waals surface area contributed by atoms with Gasteiger partial charge in [-0.3, -0.25) is 4.99 Å². The molecule has 24 heavy (non-hydrogen) atoms. The van der Waals surface area contributed by atoms with E-state index in [9.17, 15) is 0 Å². The fourth-order valence-corrected chi connectivity index (χ4v) is 2.60. The Labute approximate surface area is 162 Å². The average molecular weight is 443 g/mol. The number of pyridine rings is 1. The van der Waals surface area contributed by atoms with E-state index in [0.717, 1.165) is 30.1 Å². The second kappa shape index (κ2) is 10.5. The number of halogens is 1. The van der Waals surface area contributed by atoms with Gasteiger partial charge in [0.25, 0.3) is 0 Å². The van der Waals surface area contributed by atoms with Gasteiger partial charge < -0.3 is 15.5 Å². The molecule has 0 bridgehead atoms. The monoisotopic (exact) mass is 443 g/mol. The summed E-state index contributed by atoms with van der Waals surface area (Å²) in [6.45, 7) is 7.33. The summed E-state index contributed by atoms with van der Waals surface area (Å²) in [7, 11) is 0. The Bertz CT molecular complexity index is 602. The third kappa shape index (κ3) is 7.07. The second-order valence-corrected chi connectivity index (χ2v) is 6.59. The molecule has 5 nitrogen and oxygen atoms in total. The van der Waals surface area contributed by atoms with Crippen LogP contribution in [0.5, 0.6) is 0 Å². The Morgan fingerprint density at radius 3 is 2.79 bits per heavy atom. The quantitative estimate of drug-likeness (QED) is 0.372. The zero-order valence-electron chi connectivity index (χ0n) is 14.9. The fourth-order valence-electron chi connectivity index (χ4n) is 2.60. The Kier molecular flexibility index (Phi) is 9.10. The molecule has 0 aromatic carbocycles. The van der Waals surface area contributed by atoms with Gasteiger partial charge in [0.1, 0.15) is 5.65 Å². The molecule has 0 radical (unpaired) electrons. The molecule has 3 N–H and O–H groups in total. The molecule has 0 aliphatic rings. The predicted molar refractivity (Wildman–Crippen MR) is 112 cm³/mol. The van der Waals surface area contributed by atoms with Crippen molar-refractivity contribution in [3.8, 4) is 0 Å². The lowest BCUT2D eigenvalue weighted by Crippen LogP contribution is -2.38. The van der Waals surface area contributed by atoms with Gasteiger partial charge in [0, 0.05) is 31.4 Å². The molecule has 0 spiro atoms. The highest BCUT2D eigenvalue weighted by Crippen LogP contribution is 2.08. The van der Waals surface area contributed by atoms with Crippen LogP contribution in [0.1, 0.15) is 45.7 Å². The first-order valence-electron chi connectivity index (χ1n) is 8.53. The van der Waals surface area contributed by atoms with Gasteiger partial charge in [-0.1, -0.05) is 32.8 Å². The van der Waals surface area contributed by atoms with Crippen molar-refractivity contribution < 1.29 is 0 Å². The van der Waals surface area contributed by atoms with Crippen molar-refractivity contribution >= 4 is 35.6 Å². The Morgan fingerprint density at radius 1 is 1.29 bits per heavy atom. The number of hydrogen-bond donors (Lipinski definition) is 2. The molecule has 2 heterocycles. The first-order chi connectivity index (χ1) is 11.0. The maximum atomic E-state index is 5.96. The number of nitrogens with one attached hydrogen (secondary N) is 1. The lowest BCUT2D eigenvalue weighted by molar-refractivity contribution is 0.493. The molecule has 0 amide bonds. The van der Waals surface area contributed by atoms with Crippen molar-refractivity contribution in [3.05, 3.63) is 36.3 Å². The first kappa shape index (κ1) is 20.7. The summed E-state index contributed by atoms with van der Waals surface area (Å²) in [6, 6.07) is 6.36. The van der Waals surface area contributed by atoms with Crippen LogP contribution in [-0.2, 0) is 6.42 Å². The Morgan fingerprint density at radius 2 is 2.08 bits per heavy atom. The third-order valence-electron chi connectivity index (χ3n) is 3.88. The third-order valence-corrected chi connectivity index (χ3v) is 3.88. The number of nitrogens with two attached hydrogens (primary N) is 1. The smallest absolute Gasteiger partial charge is 0.188 e. The van der Waals surface area contributed by atoms with Gasteiger partial charge >= 0.3 is 0 Å². The molecule has 0 fully saturated rings. The van der Waals surface area contributed by atoms with E-state index in [0.29, 0.717) is 18.5 Å². The van der Waals surface area contributed by atoms with Crippen LogP contribution in [0.4, 0.5) is 0 Å². The van der Waals surface area contributed by atoms with Crippen LogP contribution in [0.2, 0.25) is 0 Å². The van der Waals surface area contributed by atoms with Crippen molar-refractivity contribution in [1.29, 1.82) is 0 Å². The van der Waals surface area contributed by atoms with Crippen molar-refractivity contribution in [2.75, 3.05) is 6.54 Å². The summed E-state index contributed by atoms with van der Waals surface area (Å²) >= 11 is 0. The van der Waals surface area contributed by atoms with E-state index in [1.165, 1.54) is 12.8 Å². The molecule has 1 unspecified atom stereocenters. The number of guanidine groups is 1. The van der Waals surface area contributed by atoms with Crippen LogP contribution in [0, 0.1) is 5.92 Å². The minimum Gasteiger partial charge on any atom is -0.370 e. The lowest BCUT2D eigenvalue weighted by atomic mass is 10.0. The highest BCUT2D eigenvalue weighted by molar-refractivity contribution is 14.0. The number of aromatic nitrogens is 2. The molecule has 0 saturated heterocycles. The number of imidazole rings is 1. The summed E-state index contributed by atoms with van der Waals surface area (Å²) in [5.41, 5.74) is 7.97. The molecule has 2 aromatic rings. The lowest BCUT2D eigenvalue weighted by Gasteiger charge is -2.14. The summed E-state index contributed by atoms with van der Waals surface area (Å²) in [6.07, 6.45) is 8.46. The van der Waals surface area contributed by atoms with Crippen molar-refractivity contribution in [2.24, 2.45) is 16.6 Å². The highest BCUT2D eigenvalue weighted by atomic mass is 127. The van der Waals surface area contributed by atoms with Crippen LogP contribution in [0.15, 0.2) is 35.6 Å². The van der Waals surface area contributed by atoms with Gasteiger partial charge in [-0.15, -0.1) is 24.0 Å². The van der Waals surface area contributed by atoms with Crippen LogP contribution in [0.3, 0.4) is 0 Å². The topological polar surface area (TPSA) is 67.7 Å². The molecule has 1 atom stereocenters. The molecule has 0 aliphatic heterocycles. The van der Waals surface area contributed by atoms with Crippen LogP contribution < -0.4 is 11.1 Å². The van der Waals surface area contributed by atoms with E-state index in [-0.39, 0.29) is 24.0 Å². The summed E-state index contributed by atoms with van der Waals surface area (Å²) in [4.78, 5) is 8.97. The average Bonchev–Trinajstić information content (AvgIpc) is 2.89. The molecule has 134 valence electrons. The Hall–Kier alpha value is -1.31. The van der Waals surface area contributed by atoms with Crippen LogP contribution in [-0.4, -0.2) is 27.9 Å². The maximum Gasteiger partial charge on any atom is 0.188 e. The second-order valence-electron chi connectivity index (χ2n) is 6.59. The van der Waals surface area contributed by atoms with Gasteiger partial charge in [0.15, 0.2) is 5.96 Å². The van der Waals surface area contributed by atoms with Gasteiger partial charge in [-0.25, -0.2) is 4.98 Å². The maximum absolute atomic E-state index is 5.96. The van der Waals surface area contributed by atoms with E-state index in [2.05, 4.69) is 36.1 Å². The van der Waals surface area contributed by atoms with Gasteiger partial charge in [0.2, 0.25) is 0 Å². The number of fused-ring (bicyclic) bond motifs is 1. The zero-order valence-corrected chi connectivity index (χ0v) is 17.2. The zero-order chi connectivity index (χ0) is 16.7. The molecule has 6 heteroatoms. The SMILES string of the molecule is CC(C)CCCC(C)NC(N)=NCCc1cn2ccccc2n1.I. The minimum absolute atomic E-state index is 0. The van der Waals surface area contributed by atoms with Crippen molar-refractivity contribution in [3.63, 3.8) is 0 Å².